The molecule has 1 atom stereocenters. The van der Waals surface area contributed by atoms with Crippen molar-refractivity contribution in [2.75, 3.05) is 32.7 Å². The number of piperazine rings is 1. The van der Waals surface area contributed by atoms with E-state index in [1.54, 1.807) is 0 Å². The maximum atomic E-state index is 11.9. The molecule has 0 aromatic rings. The minimum Gasteiger partial charge on any atom is -0.370 e. The van der Waals surface area contributed by atoms with Gasteiger partial charge in [-0.1, -0.05) is 0 Å². The predicted octanol–water partition coefficient (Wildman–Crippen LogP) is -0.948. The van der Waals surface area contributed by atoms with Crippen molar-refractivity contribution in [3.05, 3.63) is 0 Å². The summed E-state index contributed by atoms with van der Waals surface area (Å²) in [5.74, 6) is -0.171. The second-order valence-electron chi connectivity index (χ2n) is 4.57. The number of hydrogen-bond acceptors (Lipinski definition) is 4. The highest BCUT2D eigenvalue weighted by atomic mass is 16.2. The zero-order valence-electron chi connectivity index (χ0n) is 11.1. The number of nitrogens with two attached hydrogens (primary N) is 1. The number of unbranched alkanes of at least 4 members (excludes halogenated alkanes) is 1. The molecule has 0 radical (unpaired) electrons. The van der Waals surface area contributed by atoms with Gasteiger partial charge in [0.25, 0.3) is 0 Å². The Morgan fingerprint density at radius 3 is 2.89 bits per heavy atom. The molecule has 4 N–H and O–H groups in total. The first kappa shape index (κ1) is 14.9. The van der Waals surface area contributed by atoms with Crippen LogP contribution >= 0.6 is 0 Å². The van der Waals surface area contributed by atoms with Crippen molar-refractivity contribution >= 4 is 11.8 Å². The minimum absolute atomic E-state index is 0.0830. The van der Waals surface area contributed by atoms with Crippen LogP contribution in [0.1, 0.15) is 26.2 Å². The fraction of sp³-hybridized carbons (Fsp3) is 0.833. The van der Waals surface area contributed by atoms with E-state index in [1.165, 1.54) is 0 Å². The smallest absolute Gasteiger partial charge is 0.238 e. The third kappa shape index (κ3) is 5.01. The van der Waals surface area contributed by atoms with Crippen molar-refractivity contribution in [3.8, 4) is 0 Å². The van der Waals surface area contributed by atoms with Crippen molar-refractivity contribution < 1.29 is 9.59 Å². The largest absolute Gasteiger partial charge is 0.370 e. The Labute approximate surface area is 108 Å². The van der Waals surface area contributed by atoms with Gasteiger partial charge in [-0.2, -0.15) is 0 Å². The van der Waals surface area contributed by atoms with E-state index in [4.69, 9.17) is 5.73 Å². The quantitative estimate of drug-likeness (QED) is 0.513. The molecule has 104 valence electrons. The highest BCUT2D eigenvalue weighted by Crippen LogP contribution is 2.06. The lowest BCUT2D eigenvalue weighted by Gasteiger charge is -2.35. The molecule has 0 aliphatic carbocycles. The van der Waals surface area contributed by atoms with Crippen LogP contribution in [-0.4, -0.2) is 55.5 Å². The lowest BCUT2D eigenvalue weighted by atomic mass is 10.1. The van der Waals surface area contributed by atoms with Crippen LogP contribution in [0.15, 0.2) is 0 Å². The molecule has 0 spiro atoms. The summed E-state index contributed by atoms with van der Waals surface area (Å²) in [6.45, 7) is 5.90. The number of amides is 2. The Kier molecular flexibility index (Phi) is 6.67. The molecule has 0 aromatic heterocycles. The van der Waals surface area contributed by atoms with Gasteiger partial charge in [-0.25, -0.2) is 0 Å². The van der Waals surface area contributed by atoms with Gasteiger partial charge in [0.15, 0.2) is 0 Å². The summed E-state index contributed by atoms with van der Waals surface area (Å²) < 4.78 is 0. The molecule has 0 saturated carbocycles. The van der Waals surface area contributed by atoms with Crippen molar-refractivity contribution in [2.45, 2.75) is 32.2 Å². The molecule has 6 nitrogen and oxygen atoms in total. The van der Waals surface area contributed by atoms with E-state index in [9.17, 15) is 9.59 Å². The van der Waals surface area contributed by atoms with E-state index >= 15 is 0 Å². The average Bonchev–Trinajstić information content (AvgIpc) is 2.35. The molecule has 1 aliphatic rings. The summed E-state index contributed by atoms with van der Waals surface area (Å²) in [5, 5.41) is 6.10. The summed E-state index contributed by atoms with van der Waals surface area (Å²) in [4.78, 5) is 24.7. The molecule has 0 bridgehead atoms. The van der Waals surface area contributed by atoms with Crippen molar-refractivity contribution in [1.82, 2.24) is 15.5 Å². The van der Waals surface area contributed by atoms with Crippen LogP contribution in [-0.2, 0) is 9.59 Å². The molecular weight excluding hydrogens is 232 g/mol. The number of primary amides is 1. The molecule has 1 fully saturated rings. The van der Waals surface area contributed by atoms with E-state index in [0.29, 0.717) is 19.5 Å². The van der Waals surface area contributed by atoms with Crippen LogP contribution in [0.2, 0.25) is 0 Å². The number of rotatable bonds is 7. The van der Waals surface area contributed by atoms with E-state index in [0.717, 1.165) is 32.5 Å². The van der Waals surface area contributed by atoms with Gasteiger partial charge in [-0.05, 0) is 26.3 Å². The van der Waals surface area contributed by atoms with Gasteiger partial charge in [-0.3, -0.25) is 14.5 Å². The first-order valence-electron chi connectivity index (χ1n) is 6.66. The number of likely N-dealkylation sites (N-methyl/N-ethyl adjacent to an activating group) is 1. The van der Waals surface area contributed by atoms with Gasteiger partial charge in [0, 0.05) is 32.6 Å². The molecule has 0 aromatic carbocycles. The zero-order valence-corrected chi connectivity index (χ0v) is 11.1. The van der Waals surface area contributed by atoms with Gasteiger partial charge in [0.05, 0.1) is 0 Å². The Hall–Kier alpha value is -1.14. The van der Waals surface area contributed by atoms with E-state index in [1.807, 2.05) is 6.92 Å². The van der Waals surface area contributed by atoms with Crippen LogP contribution in [0.25, 0.3) is 0 Å². The lowest BCUT2D eigenvalue weighted by molar-refractivity contribution is -0.127. The van der Waals surface area contributed by atoms with Crippen molar-refractivity contribution in [2.24, 2.45) is 5.73 Å². The van der Waals surface area contributed by atoms with Gasteiger partial charge in [0.2, 0.25) is 11.8 Å². The van der Waals surface area contributed by atoms with Crippen molar-refractivity contribution in [1.29, 1.82) is 0 Å². The second kappa shape index (κ2) is 8.05. The normalized spacial score (nSPS) is 20.6. The van der Waals surface area contributed by atoms with Gasteiger partial charge < -0.3 is 16.4 Å². The van der Waals surface area contributed by atoms with E-state index in [2.05, 4.69) is 15.5 Å². The fourth-order valence-electron chi connectivity index (χ4n) is 2.18. The highest BCUT2D eigenvalue weighted by molar-refractivity contribution is 5.82. The molecule has 1 saturated heterocycles. The van der Waals surface area contributed by atoms with Gasteiger partial charge in [-0.15, -0.1) is 0 Å². The topological polar surface area (TPSA) is 87.5 Å². The highest BCUT2D eigenvalue weighted by Gasteiger charge is 2.27. The maximum absolute atomic E-state index is 11.9. The van der Waals surface area contributed by atoms with Crippen LogP contribution < -0.4 is 16.4 Å². The molecule has 6 heteroatoms. The maximum Gasteiger partial charge on any atom is 0.238 e. The standard InChI is InChI=1S/C12H24N4O2/c1-2-15-12(18)10-9-14-6-8-16(10)7-4-3-5-11(13)17/h10,14H,2-9H2,1H3,(H2,13,17)(H,15,18). The van der Waals surface area contributed by atoms with E-state index in [-0.39, 0.29) is 17.9 Å². The molecule has 18 heavy (non-hydrogen) atoms. The molecule has 1 heterocycles. The summed E-state index contributed by atoms with van der Waals surface area (Å²) in [7, 11) is 0. The molecular formula is C12H24N4O2. The van der Waals surface area contributed by atoms with E-state index < -0.39 is 0 Å². The monoisotopic (exact) mass is 256 g/mol. The summed E-state index contributed by atoms with van der Waals surface area (Å²) in [6.07, 6.45) is 2.12. The van der Waals surface area contributed by atoms with Gasteiger partial charge >= 0.3 is 0 Å². The third-order valence-corrected chi connectivity index (χ3v) is 3.13. The minimum atomic E-state index is -0.254. The SMILES string of the molecule is CCNC(=O)C1CNCCN1CCCCC(N)=O. The molecule has 2 amide bonds. The third-order valence-electron chi connectivity index (χ3n) is 3.13. The fourth-order valence-corrected chi connectivity index (χ4v) is 2.18. The Morgan fingerprint density at radius 2 is 2.22 bits per heavy atom. The number of carbonyl (C=O) groups is 2. The first-order chi connectivity index (χ1) is 8.65. The zero-order chi connectivity index (χ0) is 13.4. The predicted molar refractivity (Wildman–Crippen MR) is 70.0 cm³/mol. The molecule has 1 rings (SSSR count). The second-order valence-corrected chi connectivity index (χ2v) is 4.57. The number of nitrogens with one attached hydrogen (secondary N) is 2. The van der Waals surface area contributed by atoms with Crippen LogP contribution in [0.5, 0.6) is 0 Å². The van der Waals surface area contributed by atoms with Crippen LogP contribution in [0.3, 0.4) is 0 Å². The lowest BCUT2D eigenvalue weighted by Crippen LogP contribution is -2.57. The Balaban J connectivity index is 2.34. The molecule has 1 aliphatic heterocycles. The Morgan fingerprint density at radius 1 is 1.44 bits per heavy atom. The summed E-state index contributed by atoms with van der Waals surface area (Å²) in [6, 6.07) is -0.0905. The molecule has 1 unspecified atom stereocenters. The average molecular weight is 256 g/mol. The summed E-state index contributed by atoms with van der Waals surface area (Å²) in [5.41, 5.74) is 5.10. The number of nitrogens with zero attached hydrogens (tertiary/aromatic N) is 1. The first-order valence-corrected chi connectivity index (χ1v) is 6.66. The summed E-state index contributed by atoms with van der Waals surface area (Å²) >= 11 is 0. The van der Waals surface area contributed by atoms with Crippen LogP contribution in [0.4, 0.5) is 0 Å². The Bertz CT molecular complexity index is 283. The van der Waals surface area contributed by atoms with Gasteiger partial charge in [0.1, 0.15) is 6.04 Å². The van der Waals surface area contributed by atoms with Crippen molar-refractivity contribution in [3.63, 3.8) is 0 Å². The van der Waals surface area contributed by atoms with Crippen LogP contribution in [0, 0.1) is 0 Å². The number of carbonyl (C=O) groups excluding carboxylic acids is 2. The number of hydrogen-bond donors (Lipinski definition) is 3.